The third-order valence-electron chi connectivity index (χ3n) is 2.95. The summed E-state index contributed by atoms with van der Waals surface area (Å²) in [5.74, 6) is -1.97. The Kier molecular flexibility index (Phi) is 3.75. The number of anilines is 1. The zero-order valence-corrected chi connectivity index (χ0v) is 10.9. The van der Waals surface area contributed by atoms with E-state index in [1.165, 1.54) is 18.1 Å². The Morgan fingerprint density at radius 1 is 1.45 bits per heavy atom. The summed E-state index contributed by atoms with van der Waals surface area (Å²) in [6.07, 6.45) is -0.899. The Labute approximate surface area is 113 Å². The zero-order valence-electron chi connectivity index (χ0n) is 10.9. The first kappa shape index (κ1) is 14.1. The second kappa shape index (κ2) is 5.33. The minimum atomic E-state index is -1.13. The summed E-state index contributed by atoms with van der Waals surface area (Å²) in [5.41, 5.74) is -0.828. The van der Waals surface area contributed by atoms with Crippen LogP contribution in [0.25, 0.3) is 0 Å². The lowest BCUT2D eigenvalue weighted by Crippen LogP contribution is -2.30. The van der Waals surface area contributed by atoms with Crippen molar-refractivity contribution in [3.05, 3.63) is 22.2 Å². The topological polar surface area (TPSA) is 106 Å². The van der Waals surface area contributed by atoms with E-state index in [0.717, 1.165) is 7.11 Å². The molecular formula is C12H13NO7. The number of aliphatic hydroxyl groups excluding tert-OH is 1. The van der Waals surface area contributed by atoms with Crippen molar-refractivity contribution in [2.24, 2.45) is 0 Å². The Morgan fingerprint density at radius 2 is 2.15 bits per heavy atom. The number of ether oxygens (including phenoxy) is 2. The minimum absolute atomic E-state index is 0.0747. The first-order valence-corrected chi connectivity index (χ1v) is 5.79. The Hall–Kier alpha value is -2.35. The van der Waals surface area contributed by atoms with Gasteiger partial charge in [-0.05, 0) is 0 Å². The van der Waals surface area contributed by atoms with E-state index in [1.807, 2.05) is 0 Å². The molecule has 1 aliphatic heterocycles. The lowest BCUT2D eigenvalue weighted by Gasteiger charge is -2.18. The number of methoxy groups -OCH3 is 2. The first-order valence-electron chi connectivity index (χ1n) is 5.79. The molecule has 1 fully saturated rings. The molecule has 0 radical (unpaired) electrons. The van der Waals surface area contributed by atoms with Crippen LogP contribution in [-0.2, 0) is 9.53 Å². The summed E-state index contributed by atoms with van der Waals surface area (Å²) >= 11 is 0. The van der Waals surface area contributed by atoms with Crippen molar-refractivity contribution in [1.82, 2.24) is 0 Å². The average Bonchev–Trinajstić information content (AvgIpc) is 2.77. The largest absolute Gasteiger partial charge is 0.488 e. The lowest BCUT2D eigenvalue weighted by atomic mass is 10.3. The van der Waals surface area contributed by atoms with Crippen LogP contribution in [-0.4, -0.2) is 43.9 Å². The van der Waals surface area contributed by atoms with Crippen molar-refractivity contribution in [2.45, 2.75) is 12.5 Å². The predicted octanol–water partition coefficient (Wildman–Crippen LogP) is -0.467. The molecule has 1 aromatic heterocycles. The van der Waals surface area contributed by atoms with Crippen molar-refractivity contribution < 1.29 is 28.6 Å². The first-order chi connectivity index (χ1) is 9.49. The van der Waals surface area contributed by atoms with Gasteiger partial charge in [0, 0.05) is 19.0 Å². The molecule has 1 amide bonds. The quantitative estimate of drug-likeness (QED) is 0.747. The third kappa shape index (κ3) is 2.25. The van der Waals surface area contributed by atoms with Gasteiger partial charge in [0.2, 0.25) is 11.5 Å². The molecule has 2 heterocycles. The van der Waals surface area contributed by atoms with Crippen molar-refractivity contribution in [3.8, 4) is 5.75 Å². The molecule has 0 unspecified atom stereocenters. The van der Waals surface area contributed by atoms with Crippen LogP contribution in [0.2, 0.25) is 0 Å². The van der Waals surface area contributed by atoms with Gasteiger partial charge in [0.05, 0.1) is 19.9 Å². The second-order valence-electron chi connectivity index (χ2n) is 4.10. The highest BCUT2D eigenvalue weighted by Gasteiger charge is 2.34. The Balaban J connectivity index is 2.55. The average molecular weight is 283 g/mol. The molecule has 8 nitrogen and oxygen atoms in total. The molecule has 1 aromatic rings. The molecule has 0 saturated carbocycles. The number of hydrogen-bond acceptors (Lipinski definition) is 7. The van der Waals surface area contributed by atoms with Gasteiger partial charge in [-0.2, -0.15) is 0 Å². The predicted molar refractivity (Wildman–Crippen MR) is 65.8 cm³/mol. The fourth-order valence-corrected chi connectivity index (χ4v) is 1.96. The number of carbonyl (C=O) groups excluding carboxylic acids is 2. The normalized spacial score (nSPS) is 18.2. The van der Waals surface area contributed by atoms with Crippen LogP contribution in [0.1, 0.15) is 17.0 Å². The number of amides is 1. The van der Waals surface area contributed by atoms with E-state index in [2.05, 4.69) is 4.74 Å². The molecular weight excluding hydrogens is 270 g/mol. The molecule has 1 aliphatic rings. The maximum absolute atomic E-state index is 11.8. The smallest absolute Gasteiger partial charge is 0.381 e. The fraction of sp³-hybridized carbons (Fsp3) is 0.417. The van der Waals surface area contributed by atoms with Crippen molar-refractivity contribution >= 4 is 17.6 Å². The summed E-state index contributed by atoms with van der Waals surface area (Å²) < 4.78 is 14.1. The molecule has 1 atom stereocenters. The highest BCUT2D eigenvalue weighted by molar-refractivity contribution is 6.00. The zero-order chi connectivity index (χ0) is 14.9. The van der Waals surface area contributed by atoms with Crippen molar-refractivity contribution in [1.29, 1.82) is 0 Å². The monoisotopic (exact) mass is 283 g/mol. The summed E-state index contributed by atoms with van der Waals surface area (Å²) in [7, 11) is 2.38. The van der Waals surface area contributed by atoms with E-state index < -0.39 is 23.6 Å². The van der Waals surface area contributed by atoms with Crippen LogP contribution >= 0.6 is 0 Å². The van der Waals surface area contributed by atoms with Gasteiger partial charge >= 0.3 is 11.6 Å². The molecule has 20 heavy (non-hydrogen) atoms. The maximum atomic E-state index is 11.8. The van der Waals surface area contributed by atoms with Crippen LogP contribution in [0.4, 0.5) is 5.69 Å². The molecule has 1 N–H and O–H groups in total. The van der Waals surface area contributed by atoms with Crippen LogP contribution < -0.4 is 15.3 Å². The summed E-state index contributed by atoms with van der Waals surface area (Å²) in [4.78, 5) is 36.2. The molecule has 0 aromatic carbocycles. The van der Waals surface area contributed by atoms with Gasteiger partial charge in [-0.25, -0.2) is 9.59 Å². The molecule has 108 valence electrons. The van der Waals surface area contributed by atoms with Gasteiger partial charge in [0.15, 0.2) is 0 Å². The number of esters is 1. The summed E-state index contributed by atoms with van der Waals surface area (Å²) in [5, 5.41) is 9.46. The standard InChI is InChI=1S/C12H13NO7/c1-18-9-6(13-4-3-7(14)10(13)15)5-8(11(16)19-2)20-12(9)17/h5,7,14H,3-4H2,1-2H3/t7-/m1/s1. The maximum Gasteiger partial charge on any atom is 0.381 e. The van der Waals surface area contributed by atoms with E-state index in [-0.39, 0.29) is 30.2 Å². The molecule has 8 heteroatoms. The van der Waals surface area contributed by atoms with Crippen LogP contribution in [0.5, 0.6) is 5.75 Å². The van der Waals surface area contributed by atoms with E-state index >= 15 is 0 Å². The number of nitrogens with zero attached hydrogens (tertiary/aromatic N) is 1. The van der Waals surface area contributed by atoms with Gasteiger partial charge in [-0.15, -0.1) is 0 Å². The van der Waals surface area contributed by atoms with Gasteiger partial charge in [-0.1, -0.05) is 0 Å². The summed E-state index contributed by atoms with van der Waals surface area (Å²) in [6.45, 7) is 0.209. The van der Waals surface area contributed by atoms with Gasteiger partial charge in [0.1, 0.15) is 6.10 Å². The molecule has 1 saturated heterocycles. The Morgan fingerprint density at radius 3 is 2.65 bits per heavy atom. The third-order valence-corrected chi connectivity index (χ3v) is 2.95. The van der Waals surface area contributed by atoms with E-state index in [1.54, 1.807) is 0 Å². The van der Waals surface area contributed by atoms with Crippen LogP contribution in [0.15, 0.2) is 15.3 Å². The minimum Gasteiger partial charge on any atom is -0.488 e. The van der Waals surface area contributed by atoms with Gasteiger partial charge < -0.3 is 23.9 Å². The molecule has 0 aliphatic carbocycles. The van der Waals surface area contributed by atoms with E-state index in [9.17, 15) is 19.5 Å². The fourth-order valence-electron chi connectivity index (χ4n) is 1.96. The Bertz CT molecular complexity index is 606. The lowest BCUT2D eigenvalue weighted by molar-refractivity contribution is -0.124. The number of rotatable bonds is 3. The van der Waals surface area contributed by atoms with Gasteiger partial charge in [0.25, 0.3) is 5.91 Å². The summed E-state index contributed by atoms with van der Waals surface area (Å²) in [6, 6.07) is 1.18. The number of carbonyl (C=O) groups is 2. The number of aliphatic hydroxyl groups is 1. The number of hydrogen-bond donors (Lipinski definition) is 1. The van der Waals surface area contributed by atoms with Crippen molar-refractivity contribution in [2.75, 3.05) is 25.7 Å². The SMILES string of the molecule is COC(=O)c1cc(N2CC[C@@H](O)C2=O)c(OC)c(=O)o1. The van der Waals surface area contributed by atoms with E-state index in [0.29, 0.717) is 0 Å². The second-order valence-corrected chi connectivity index (χ2v) is 4.10. The van der Waals surface area contributed by atoms with Crippen molar-refractivity contribution in [3.63, 3.8) is 0 Å². The molecule has 2 rings (SSSR count). The highest BCUT2D eigenvalue weighted by atomic mass is 16.5. The van der Waals surface area contributed by atoms with E-state index in [4.69, 9.17) is 9.15 Å². The highest BCUT2D eigenvalue weighted by Crippen LogP contribution is 2.29. The van der Waals surface area contributed by atoms with Gasteiger partial charge in [-0.3, -0.25) is 4.79 Å². The van der Waals surface area contributed by atoms with Crippen LogP contribution in [0.3, 0.4) is 0 Å². The molecule has 0 bridgehead atoms. The molecule has 0 spiro atoms. The van der Waals surface area contributed by atoms with Crippen LogP contribution in [0, 0.1) is 0 Å².